The first-order valence-electron chi connectivity index (χ1n) is 13.8. The largest absolute Gasteiger partial charge is 0.481 e. The number of hydrogen-bond acceptors (Lipinski definition) is 4. The van der Waals surface area contributed by atoms with Gasteiger partial charge in [-0.2, -0.15) is 0 Å². The third kappa shape index (κ3) is 5.34. The van der Waals surface area contributed by atoms with Gasteiger partial charge in [-0.05, 0) is 62.1 Å². The van der Waals surface area contributed by atoms with Crippen molar-refractivity contribution in [3.63, 3.8) is 0 Å². The van der Waals surface area contributed by atoms with Crippen molar-refractivity contribution in [3.05, 3.63) is 81.1 Å². The number of aryl methyl sites for hydroxylation is 2. The van der Waals surface area contributed by atoms with Gasteiger partial charge in [0.1, 0.15) is 0 Å². The number of unbranched alkanes of at least 4 members (excludes halogenated alkanes) is 4. The summed E-state index contributed by atoms with van der Waals surface area (Å²) >= 11 is 0. The summed E-state index contributed by atoms with van der Waals surface area (Å²) in [5, 5.41) is 20.2. The van der Waals surface area contributed by atoms with Crippen LogP contribution in [0.2, 0.25) is 0 Å². The lowest BCUT2D eigenvalue weighted by Gasteiger charge is -2.19. The van der Waals surface area contributed by atoms with Gasteiger partial charge in [0, 0.05) is 47.5 Å². The molecule has 5 rings (SSSR count). The van der Waals surface area contributed by atoms with E-state index in [1.54, 1.807) is 0 Å². The highest BCUT2D eigenvalue weighted by molar-refractivity contribution is 6.03. The van der Waals surface area contributed by atoms with Gasteiger partial charge in [-0.15, -0.1) is 0 Å². The predicted octanol–water partition coefficient (Wildman–Crippen LogP) is 5.91. The van der Waals surface area contributed by atoms with Crippen molar-refractivity contribution >= 4 is 55.6 Å². The Labute approximate surface area is 230 Å². The van der Waals surface area contributed by atoms with Gasteiger partial charge in [0.25, 0.3) is 0 Å². The van der Waals surface area contributed by atoms with E-state index in [1.807, 2.05) is 60.7 Å². The van der Waals surface area contributed by atoms with Crippen LogP contribution >= 0.6 is 0 Å². The molecule has 0 aliphatic heterocycles. The van der Waals surface area contributed by atoms with Gasteiger partial charge >= 0.3 is 11.9 Å². The summed E-state index contributed by atoms with van der Waals surface area (Å²) < 4.78 is 4.16. The minimum absolute atomic E-state index is 0.0942. The average molecular weight is 541 g/mol. The molecule has 0 amide bonds. The fourth-order valence-electron chi connectivity index (χ4n) is 5.67. The molecule has 206 valence electrons. The van der Waals surface area contributed by atoms with E-state index in [0.29, 0.717) is 58.5 Å². The summed E-state index contributed by atoms with van der Waals surface area (Å²) in [7, 11) is 0. The molecule has 0 aliphatic rings. The van der Waals surface area contributed by atoms with Crippen LogP contribution in [0.15, 0.2) is 70.3 Å². The zero-order chi connectivity index (χ0) is 28.2. The average Bonchev–Trinajstić information content (AvgIpc) is 2.95. The first-order chi connectivity index (χ1) is 19.4. The van der Waals surface area contributed by atoms with Gasteiger partial charge in [-0.3, -0.25) is 19.2 Å². The number of carbonyl (C=O) groups is 2. The van der Waals surface area contributed by atoms with Crippen LogP contribution in [0.5, 0.6) is 0 Å². The first kappa shape index (κ1) is 27.1. The van der Waals surface area contributed by atoms with E-state index in [0.717, 1.165) is 36.7 Å². The lowest BCUT2D eigenvalue weighted by molar-refractivity contribution is -0.138. The molecule has 0 spiro atoms. The van der Waals surface area contributed by atoms with E-state index in [4.69, 9.17) is 10.2 Å². The van der Waals surface area contributed by atoms with Gasteiger partial charge < -0.3 is 19.3 Å². The van der Waals surface area contributed by atoms with E-state index in [2.05, 4.69) is 9.13 Å². The molecule has 8 nitrogen and oxygen atoms in total. The molecule has 8 heteroatoms. The Bertz CT molecular complexity index is 1730. The number of hydrogen-bond donors (Lipinski definition) is 2. The number of rotatable bonds is 12. The molecule has 2 N–H and O–H groups in total. The Kier molecular flexibility index (Phi) is 7.96. The molecule has 3 aromatic carbocycles. The third-order valence-corrected chi connectivity index (χ3v) is 7.61. The molecule has 0 saturated carbocycles. The maximum atomic E-state index is 13.7. The van der Waals surface area contributed by atoms with Crippen LogP contribution in [0.25, 0.3) is 43.6 Å². The predicted molar refractivity (Wildman–Crippen MR) is 157 cm³/mol. The monoisotopic (exact) mass is 540 g/mol. The number of fused-ring (bicyclic) bond motifs is 4. The van der Waals surface area contributed by atoms with Crippen LogP contribution in [-0.2, 0) is 22.7 Å². The number of aromatic nitrogens is 2. The Hall–Kier alpha value is -4.46. The Morgan fingerprint density at radius 1 is 0.525 bits per heavy atom. The van der Waals surface area contributed by atoms with Crippen molar-refractivity contribution in [3.8, 4) is 0 Å². The fraction of sp³-hybridized carbons (Fsp3) is 0.312. The van der Waals surface area contributed by atoms with Crippen molar-refractivity contribution < 1.29 is 19.8 Å². The molecular formula is C32H32N2O6. The molecule has 0 saturated heterocycles. The highest BCUT2D eigenvalue weighted by Gasteiger charge is 2.17. The molecule has 0 fully saturated rings. The Balaban J connectivity index is 1.68. The molecule has 0 bridgehead atoms. The summed E-state index contributed by atoms with van der Waals surface area (Å²) in [6.45, 7) is 1.18. The number of nitrogens with zero attached hydrogens (tertiary/aromatic N) is 2. The number of pyridine rings is 2. The van der Waals surface area contributed by atoms with Crippen molar-refractivity contribution in [2.75, 3.05) is 0 Å². The molecular weight excluding hydrogens is 508 g/mol. The van der Waals surface area contributed by atoms with E-state index in [1.165, 1.54) is 0 Å². The summed E-state index contributed by atoms with van der Waals surface area (Å²) in [6.07, 6.45) is 4.37. The maximum Gasteiger partial charge on any atom is 0.303 e. The summed E-state index contributed by atoms with van der Waals surface area (Å²) in [5.41, 5.74) is 2.77. The zero-order valence-electron chi connectivity index (χ0n) is 22.3. The minimum Gasteiger partial charge on any atom is -0.481 e. The van der Waals surface area contributed by atoms with E-state index < -0.39 is 11.9 Å². The highest BCUT2D eigenvalue weighted by Crippen LogP contribution is 2.27. The SMILES string of the molecule is O=C(O)CCCCCn1c2ccccc2c(=O)c2cc3c(cc21)c(=O)c1ccccc1n3CCCCCC(=O)O. The van der Waals surface area contributed by atoms with Crippen molar-refractivity contribution in [1.82, 2.24) is 9.13 Å². The van der Waals surface area contributed by atoms with Crippen LogP contribution in [0.4, 0.5) is 0 Å². The van der Waals surface area contributed by atoms with Gasteiger partial charge in [-0.1, -0.05) is 37.1 Å². The van der Waals surface area contributed by atoms with Crippen molar-refractivity contribution in [2.24, 2.45) is 0 Å². The second-order valence-corrected chi connectivity index (χ2v) is 10.3. The second-order valence-electron chi connectivity index (χ2n) is 10.3. The molecule has 40 heavy (non-hydrogen) atoms. The van der Waals surface area contributed by atoms with E-state index in [-0.39, 0.29) is 23.7 Å². The topological polar surface area (TPSA) is 119 Å². The molecule has 0 unspecified atom stereocenters. The number of aliphatic carboxylic acids is 2. The molecule has 2 aromatic heterocycles. The van der Waals surface area contributed by atoms with E-state index >= 15 is 0 Å². The van der Waals surface area contributed by atoms with Crippen LogP contribution in [0, 0.1) is 0 Å². The van der Waals surface area contributed by atoms with Gasteiger partial charge in [-0.25, -0.2) is 0 Å². The summed E-state index contributed by atoms with van der Waals surface area (Å²) in [6, 6.07) is 18.6. The molecule has 0 atom stereocenters. The molecule has 0 aliphatic carbocycles. The maximum absolute atomic E-state index is 13.7. The molecule has 5 aromatic rings. The second kappa shape index (κ2) is 11.7. The smallest absolute Gasteiger partial charge is 0.303 e. The summed E-state index contributed by atoms with van der Waals surface area (Å²) in [5.74, 6) is -1.62. The lowest BCUT2D eigenvalue weighted by atomic mass is 10.0. The molecule has 0 radical (unpaired) electrons. The highest BCUT2D eigenvalue weighted by atomic mass is 16.4. The third-order valence-electron chi connectivity index (χ3n) is 7.61. The lowest BCUT2D eigenvalue weighted by Crippen LogP contribution is -2.16. The van der Waals surface area contributed by atoms with Crippen LogP contribution in [0.1, 0.15) is 51.4 Å². The zero-order valence-corrected chi connectivity index (χ0v) is 22.3. The standard InChI is InChI=1S/C32H32N2O6/c35-29(36)15-3-1-9-17-33-25-13-7-5-11-21(25)31(39)23-20-28-24(19-27(23)33)32(40)22-12-6-8-14-26(22)34(28)18-10-2-4-16-30(37)38/h5-8,11-14,19-20H,1-4,9-10,15-18H2,(H,35,36)(H,37,38). The quantitative estimate of drug-likeness (QED) is 0.150. The Morgan fingerprint density at radius 3 is 1.32 bits per heavy atom. The van der Waals surface area contributed by atoms with Crippen LogP contribution in [-0.4, -0.2) is 31.3 Å². The molecule has 2 heterocycles. The van der Waals surface area contributed by atoms with Crippen LogP contribution < -0.4 is 10.9 Å². The fourth-order valence-corrected chi connectivity index (χ4v) is 5.67. The van der Waals surface area contributed by atoms with Gasteiger partial charge in [0.05, 0.1) is 22.1 Å². The number of carboxylic acids is 2. The summed E-state index contributed by atoms with van der Waals surface area (Å²) in [4.78, 5) is 49.3. The van der Waals surface area contributed by atoms with Gasteiger partial charge in [0.15, 0.2) is 10.9 Å². The number of carboxylic acid groups (broad SMARTS) is 2. The van der Waals surface area contributed by atoms with Gasteiger partial charge in [0.2, 0.25) is 0 Å². The Morgan fingerprint density at radius 2 is 0.925 bits per heavy atom. The minimum atomic E-state index is -0.809. The number of para-hydroxylation sites is 2. The van der Waals surface area contributed by atoms with Crippen molar-refractivity contribution in [1.29, 1.82) is 0 Å². The number of benzene rings is 3. The first-order valence-corrected chi connectivity index (χ1v) is 13.8. The van der Waals surface area contributed by atoms with Crippen molar-refractivity contribution in [2.45, 2.75) is 64.5 Å². The van der Waals surface area contributed by atoms with E-state index in [9.17, 15) is 19.2 Å². The van der Waals surface area contributed by atoms with Crippen LogP contribution in [0.3, 0.4) is 0 Å². The normalized spacial score (nSPS) is 11.6.